The fourth-order valence-electron chi connectivity index (χ4n) is 2.80. The van der Waals surface area contributed by atoms with E-state index in [1.165, 1.54) is 6.08 Å². The monoisotopic (exact) mass is 309 g/mol. The van der Waals surface area contributed by atoms with Crippen molar-refractivity contribution in [1.29, 1.82) is 5.26 Å². The van der Waals surface area contributed by atoms with Crippen molar-refractivity contribution in [3.63, 3.8) is 0 Å². The molecule has 0 aliphatic rings. The summed E-state index contributed by atoms with van der Waals surface area (Å²) in [7, 11) is 0. The zero-order valence-corrected chi connectivity index (χ0v) is 13.0. The molecule has 0 heterocycles. The average Bonchev–Trinajstić information content (AvgIpc) is 2.67. The minimum absolute atomic E-state index is 0.223. The topological polar surface area (TPSA) is 40.9 Å². The molecular formula is C22H15NO. The van der Waals surface area contributed by atoms with E-state index >= 15 is 0 Å². The van der Waals surface area contributed by atoms with E-state index < -0.39 is 0 Å². The second-order valence-electron chi connectivity index (χ2n) is 5.49. The lowest BCUT2D eigenvalue weighted by Crippen LogP contribution is -1.99. The first-order valence-corrected chi connectivity index (χ1v) is 7.68. The maximum absolute atomic E-state index is 11.0. The van der Waals surface area contributed by atoms with Gasteiger partial charge in [-0.15, -0.1) is 0 Å². The van der Waals surface area contributed by atoms with Crippen LogP contribution in [0.4, 0.5) is 0 Å². The smallest absolute Gasteiger partial charge is 0.121 e. The third-order valence-corrected chi connectivity index (χ3v) is 3.96. The van der Waals surface area contributed by atoms with Crippen LogP contribution < -0.4 is 0 Å². The summed E-state index contributed by atoms with van der Waals surface area (Å²) in [6.07, 6.45) is 1.50. The first kappa shape index (κ1) is 15.5. The van der Waals surface area contributed by atoms with Crippen LogP contribution in [0.15, 0.2) is 84.9 Å². The Bertz CT molecular complexity index is 931. The van der Waals surface area contributed by atoms with Crippen LogP contribution in [0.25, 0.3) is 11.1 Å². The van der Waals surface area contributed by atoms with Crippen molar-refractivity contribution in [2.45, 2.75) is 5.92 Å². The quantitative estimate of drug-likeness (QED) is 0.653. The molecule has 0 saturated carbocycles. The number of allylic oxidation sites excluding steroid dienone is 1. The highest BCUT2D eigenvalue weighted by Gasteiger charge is 2.13. The number of hydrogen-bond donors (Lipinski definition) is 0. The number of nitriles is 1. The number of hydrogen-bond acceptors (Lipinski definition) is 2. The summed E-state index contributed by atoms with van der Waals surface area (Å²) >= 11 is 0. The van der Waals surface area contributed by atoms with Crippen LogP contribution in [0.3, 0.4) is 0 Å². The Morgan fingerprint density at radius 3 is 2.17 bits per heavy atom. The molecular weight excluding hydrogens is 294 g/mol. The van der Waals surface area contributed by atoms with Crippen LogP contribution in [0.1, 0.15) is 22.6 Å². The standard InChI is InChI=1S/C22H15NO/c23-16-17-6-4-10-20(14-17)22(12-13-24)21-11-5-9-19(15-21)18-7-2-1-3-8-18/h1-12,14-15,22H. The van der Waals surface area contributed by atoms with Gasteiger partial charge in [-0.25, -0.2) is 4.79 Å². The summed E-state index contributed by atoms with van der Waals surface area (Å²) in [5.74, 6) is 1.68. The van der Waals surface area contributed by atoms with Gasteiger partial charge >= 0.3 is 0 Å². The van der Waals surface area contributed by atoms with E-state index in [1.807, 2.05) is 60.5 Å². The van der Waals surface area contributed by atoms with Crippen molar-refractivity contribution in [3.05, 3.63) is 102 Å². The van der Waals surface area contributed by atoms with Crippen LogP contribution in [-0.2, 0) is 4.79 Å². The molecule has 0 spiro atoms. The van der Waals surface area contributed by atoms with Gasteiger partial charge in [0.1, 0.15) is 5.94 Å². The summed E-state index contributed by atoms with van der Waals surface area (Å²) < 4.78 is 0. The molecule has 1 atom stereocenters. The minimum Gasteiger partial charge on any atom is -0.234 e. The van der Waals surface area contributed by atoms with Crippen LogP contribution in [-0.4, -0.2) is 5.94 Å². The Balaban J connectivity index is 2.07. The molecule has 0 saturated heterocycles. The molecule has 0 N–H and O–H groups in total. The molecule has 24 heavy (non-hydrogen) atoms. The van der Waals surface area contributed by atoms with Crippen molar-refractivity contribution >= 4 is 5.94 Å². The Kier molecular flexibility index (Phi) is 4.68. The van der Waals surface area contributed by atoms with Gasteiger partial charge in [-0.1, -0.05) is 66.7 Å². The molecule has 2 nitrogen and oxygen atoms in total. The Hall–Kier alpha value is -3.40. The van der Waals surface area contributed by atoms with Gasteiger partial charge in [-0.05, 0) is 34.4 Å². The Morgan fingerprint density at radius 1 is 0.792 bits per heavy atom. The molecule has 3 aromatic carbocycles. The number of benzene rings is 3. The predicted molar refractivity (Wildman–Crippen MR) is 95.1 cm³/mol. The van der Waals surface area contributed by atoms with Gasteiger partial charge in [0.25, 0.3) is 0 Å². The van der Waals surface area contributed by atoms with Gasteiger partial charge in [-0.3, -0.25) is 0 Å². The first-order chi connectivity index (χ1) is 11.8. The van der Waals surface area contributed by atoms with Gasteiger partial charge in [0, 0.05) is 12.0 Å². The molecule has 0 aliphatic carbocycles. The highest BCUT2D eigenvalue weighted by molar-refractivity contribution is 5.65. The molecule has 114 valence electrons. The second kappa shape index (κ2) is 7.24. The van der Waals surface area contributed by atoms with Crippen LogP contribution >= 0.6 is 0 Å². The zero-order valence-electron chi connectivity index (χ0n) is 13.0. The normalized spacial score (nSPS) is 11.1. The van der Waals surface area contributed by atoms with E-state index in [-0.39, 0.29) is 5.92 Å². The fourth-order valence-corrected chi connectivity index (χ4v) is 2.80. The van der Waals surface area contributed by atoms with Gasteiger partial charge < -0.3 is 0 Å². The number of rotatable bonds is 4. The summed E-state index contributed by atoms with van der Waals surface area (Å²) in [5, 5.41) is 9.10. The van der Waals surface area contributed by atoms with Gasteiger partial charge in [-0.2, -0.15) is 5.26 Å². The van der Waals surface area contributed by atoms with Gasteiger partial charge in [0.15, 0.2) is 0 Å². The molecule has 3 rings (SSSR count). The average molecular weight is 309 g/mol. The molecule has 3 aromatic rings. The maximum atomic E-state index is 11.0. The van der Waals surface area contributed by atoms with E-state index in [0.717, 1.165) is 22.3 Å². The Labute approximate surface area is 141 Å². The SMILES string of the molecule is N#Cc1cccc(C(C=C=O)c2cccc(-c3ccccc3)c2)c1. The van der Waals surface area contributed by atoms with Crippen LogP contribution in [0, 0.1) is 11.3 Å². The van der Waals surface area contributed by atoms with E-state index in [2.05, 4.69) is 24.3 Å². The van der Waals surface area contributed by atoms with E-state index in [0.29, 0.717) is 5.56 Å². The lowest BCUT2D eigenvalue weighted by atomic mass is 9.89. The van der Waals surface area contributed by atoms with E-state index in [4.69, 9.17) is 5.26 Å². The highest BCUT2D eigenvalue weighted by atomic mass is 16.1. The van der Waals surface area contributed by atoms with Crippen molar-refractivity contribution in [1.82, 2.24) is 0 Å². The van der Waals surface area contributed by atoms with E-state index in [1.54, 1.807) is 6.07 Å². The molecule has 0 aliphatic heterocycles. The zero-order chi connectivity index (χ0) is 16.8. The van der Waals surface area contributed by atoms with Gasteiger partial charge in [0.05, 0.1) is 11.6 Å². The van der Waals surface area contributed by atoms with Crippen molar-refractivity contribution in [2.75, 3.05) is 0 Å². The number of carbonyl (C=O) groups excluding carboxylic acids is 1. The maximum Gasteiger partial charge on any atom is 0.121 e. The van der Waals surface area contributed by atoms with Crippen LogP contribution in [0.2, 0.25) is 0 Å². The summed E-state index contributed by atoms with van der Waals surface area (Å²) in [5.41, 5.74) is 4.70. The van der Waals surface area contributed by atoms with Gasteiger partial charge in [0.2, 0.25) is 0 Å². The second-order valence-corrected chi connectivity index (χ2v) is 5.49. The fraction of sp³-hybridized carbons (Fsp3) is 0.0455. The lowest BCUT2D eigenvalue weighted by Gasteiger charge is -2.14. The molecule has 1 unspecified atom stereocenters. The third kappa shape index (κ3) is 3.33. The first-order valence-electron chi connectivity index (χ1n) is 7.68. The molecule has 0 aromatic heterocycles. The largest absolute Gasteiger partial charge is 0.234 e. The molecule has 0 amide bonds. The van der Waals surface area contributed by atoms with Crippen molar-refractivity contribution in [3.8, 4) is 17.2 Å². The van der Waals surface area contributed by atoms with Crippen molar-refractivity contribution < 1.29 is 4.79 Å². The predicted octanol–water partition coefficient (Wildman–Crippen LogP) is 4.74. The highest BCUT2D eigenvalue weighted by Crippen LogP contribution is 2.29. The summed E-state index contributed by atoms with van der Waals surface area (Å²) in [6, 6.07) is 27.7. The number of nitrogens with zero attached hydrogens (tertiary/aromatic N) is 1. The lowest BCUT2D eigenvalue weighted by molar-refractivity contribution is 0.568. The third-order valence-electron chi connectivity index (χ3n) is 3.96. The Morgan fingerprint density at radius 2 is 1.46 bits per heavy atom. The summed E-state index contributed by atoms with van der Waals surface area (Å²) in [4.78, 5) is 11.0. The summed E-state index contributed by atoms with van der Waals surface area (Å²) in [6.45, 7) is 0. The van der Waals surface area contributed by atoms with E-state index in [9.17, 15) is 4.79 Å². The minimum atomic E-state index is -0.223. The molecule has 0 fully saturated rings. The van der Waals surface area contributed by atoms with Crippen molar-refractivity contribution in [2.24, 2.45) is 0 Å². The molecule has 0 radical (unpaired) electrons. The molecule has 0 bridgehead atoms. The molecule has 2 heteroatoms. The van der Waals surface area contributed by atoms with Crippen LogP contribution in [0.5, 0.6) is 0 Å².